The minimum atomic E-state index is -3.91. The summed E-state index contributed by atoms with van der Waals surface area (Å²) < 4.78 is 33.9. The summed E-state index contributed by atoms with van der Waals surface area (Å²) in [5.74, 6) is -0.519. The van der Waals surface area contributed by atoms with E-state index in [2.05, 4.69) is 17.0 Å². The van der Waals surface area contributed by atoms with Crippen molar-refractivity contribution in [1.82, 2.24) is 0 Å². The Morgan fingerprint density at radius 3 is 2.38 bits per heavy atom. The lowest BCUT2D eigenvalue weighted by molar-refractivity contribution is -0.384. The van der Waals surface area contributed by atoms with Gasteiger partial charge in [-0.2, -0.15) is 0 Å². The lowest BCUT2D eigenvalue weighted by Gasteiger charge is -2.21. The summed E-state index contributed by atoms with van der Waals surface area (Å²) in [6.07, 6.45) is 3.35. The molecule has 204 valence electrons. The van der Waals surface area contributed by atoms with Crippen molar-refractivity contribution >= 4 is 33.1 Å². The molecule has 0 N–H and O–H groups in total. The third kappa shape index (κ3) is 5.21. The summed E-state index contributed by atoms with van der Waals surface area (Å²) in [4.78, 5) is 26.1. The van der Waals surface area contributed by atoms with Crippen LogP contribution in [0.4, 0.5) is 17.1 Å². The van der Waals surface area contributed by atoms with Gasteiger partial charge in [0.2, 0.25) is 0 Å². The maximum absolute atomic E-state index is 13.4. The number of sulfonamides is 1. The van der Waals surface area contributed by atoms with Crippen molar-refractivity contribution in [2.75, 3.05) is 28.8 Å². The molecule has 0 aromatic heterocycles. The van der Waals surface area contributed by atoms with Crippen LogP contribution in [-0.2, 0) is 21.2 Å². The lowest BCUT2D eigenvalue weighted by Crippen LogP contribution is -2.29. The molecular weight excluding hydrogens is 518 g/mol. The number of carbonyl (C=O) groups is 1. The summed E-state index contributed by atoms with van der Waals surface area (Å²) in [6, 6.07) is 16.7. The van der Waals surface area contributed by atoms with Crippen molar-refractivity contribution in [1.29, 1.82) is 0 Å². The minimum absolute atomic E-state index is 0.0653. The monoisotopic (exact) mass is 549 g/mol. The Kier molecular flexibility index (Phi) is 7.31. The fourth-order valence-corrected chi connectivity index (χ4v) is 6.94. The Bertz CT molecular complexity index is 1510. The van der Waals surface area contributed by atoms with E-state index < -0.39 is 20.9 Å². The second-order valence-electron chi connectivity index (χ2n) is 9.99. The standard InChI is InChI=1S/C29H31N3O6S/c1-3-26(21-6-8-23(9-7-21)30-15-4-5-16-30)29(33)38-28-13-11-25(18-20(28)2)39(36,37)31-17-14-22-19-24(32(34)35)10-12-27(22)31/h6-13,18-19,26H,3-5,14-17H2,1-2H3/t26-/m0/s1. The first-order valence-electron chi connectivity index (χ1n) is 13.2. The predicted molar refractivity (Wildman–Crippen MR) is 149 cm³/mol. The summed E-state index contributed by atoms with van der Waals surface area (Å²) >= 11 is 0. The first-order chi connectivity index (χ1) is 18.7. The number of nitro benzene ring substituents is 1. The van der Waals surface area contributed by atoms with Gasteiger partial charge in [-0.3, -0.25) is 19.2 Å². The third-order valence-electron chi connectivity index (χ3n) is 7.53. The number of nitrogens with zero attached hydrogens (tertiary/aromatic N) is 3. The highest BCUT2D eigenvalue weighted by Crippen LogP contribution is 2.36. The van der Waals surface area contributed by atoms with E-state index >= 15 is 0 Å². The fourth-order valence-electron chi connectivity index (χ4n) is 5.36. The Balaban J connectivity index is 1.31. The molecule has 2 heterocycles. The molecule has 1 atom stereocenters. The molecule has 10 heteroatoms. The number of anilines is 2. The van der Waals surface area contributed by atoms with Crippen molar-refractivity contribution in [3.8, 4) is 5.75 Å². The molecule has 5 rings (SSSR count). The first kappa shape index (κ1) is 26.7. The van der Waals surface area contributed by atoms with Gasteiger partial charge in [-0.05, 0) is 85.7 Å². The van der Waals surface area contributed by atoms with Crippen LogP contribution in [0.15, 0.2) is 65.6 Å². The number of aryl methyl sites for hydroxylation is 1. The van der Waals surface area contributed by atoms with Gasteiger partial charge < -0.3 is 9.64 Å². The second-order valence-corrected chi connectivity index (χ2v) is 11.9. The van der Waals surface area contributed by atoms with Crippen molar-refractivity contribution in [2.45, 2.75) is 50.3 Å². The van der Waals surface area contributed by atoms with E-state index in [4.69, 9.17) is 4.74 Å². The smallest absolute Gasteiger partial charge is 0.318 e. The van der Waals surface area contributed by atoms with Crippen molar-refractivity contribution in [3.05, 3.63) is 87.5 Å². The molecule has 39 heavy (non-hydrogen) atoms. The maximum Gasteiger partial charge on any atom is 0.318 e. The molecule has 1 fully saturated rings. The van der Waals surface area contributed by atoms with Gasteiger partial charge in [0.25, 0.3) is 15.7 Å². The zero-order valence-corrected chi connectivity index (χ0v) is 22.8. The van der Waals surface area contributed by atoms with Crippen LogP contribution in [0.25, 0.3) is 0 Å². The summed E-state index contributed by atoms with van der Waals surface area (Å²) in [5, 5.41) is 11.1. The largest absolute Gasteiger partial charge is 0.426 e. The van der Waals surface area contributed by atoms with Gasteiger partial charge in [0.1, 0.15) is 5.75 Å². The van der Waals surface area contributed by atoms with Crippen LogP contribution in [0.3, 0.4) is 0 Å². The normalized spacial score (nSPS) is 15.7. The van der Waals surface area contributed by atoms with Crippen LogP contribution in [-0.4, -0.2) is 38.9 Å². The lowest BCUT2D eigenvalue weighted by atomic mass is 9.96. The van der Waals surface area contributed by atoms with E-state index in [0.29, 0.717) is 35.4 Å². The van der Waals surface area contributed by atoms with Crippen molar-refractivity contribution in [3.63, 3.8) is 0 Å². The number of fused-ring (bicyclic) bond motifs is 1. The van der Waals surface area contributed by atoms with Crippen LogP contribution in [0.2, 0.25) is 0 Å². The van der Waals surface area contributed by atoms with E-state index in [0.717, 1.165) is 24.3 Å². The number of carbonyl (C=O) groups excluding carboxylic acids is 1. The summed E-state index contributed by atoms with van der Waals surface area (Å²) in [5.41, 5.74) is 3.56. The van der Waals surface area contributed by atoms with Crippen LogP contribution in [0.1, 0.15) is 48.8 Å². The SMILES string of the molecule is CC[C@H](C(=O)Oc1ccc(S(=O)(=O)N2CCc3cc([N+](=O)[O-])ccc32)cc1C)c1ccc(N2CCCC2)cc1. The quantitative estimate of drug-likeness (QED) is 0.161. The minimum Gasteiger partial charge on any atom is -0.426 e. The summed E-state index contributed by atoms with van der Waals surface area (Å²) in [6.45, 7) is 5.94. The van der Waals surface area contributed by atoms with Crippen LogP contribution < -0.4 is 13.9 Å². The van der Waals surface area contributed by atoms with Crippen molar-refractivity contribution in [2.24, 2.45) is 0 Å². The van der Waals surface area contributed by atoms with Gasteiger partial charge in [0, 0.05) is 37.5 Å². The molecule has 3 aromatic carbocycles. The van der Waals surface area contributed by atoms with Crippen LogP contribution in [0.5, 0.6) is 5.75 Å². The highest BCUT2D eigenvalue weighted by Gasteiger charge is 2.32. The zero-order chi connectivity index (χ0) is 27.7. The van der Waals surface area contributed by atoms with Gasteiger partial charge in [-0.25, -0.2) is 8.42 Å². The van der Waals surface area contributed by atoms with Gasteiger partial charge >= 0.3 is 5.97 Å². The number of benzene rings is 3. The number of rotatable bonds is 8. The maximum atomic E-state index is 13.4. The zero-order valence-electron chi connectivity index (χ0n) is 22.0. The molecule has 3 aromatic rings. The molecule has 2 aliphatic rings. The number of non-ortho nitro benzene ring substituents is 1. The molecule has 9 nitrogen and oxygen atoms in total. The Morgan fingerprint density at radius 2 is 1.74 bits per heavy atom. The second kappa shape index (κ2) is 10.7. The van der Waals surface area contributed by atoms with E-state index in [1.807, 2.05) is 19.1 Å². The highest BCUT2D eigenvalue weighted by atomic mass is 32.2. The van der Waals surface area contributed by atoms with Gasteiger partial charge in [0.05, 0.1) is 21.4 Å². The number of ether oxygens (including phenoxy) is 1. The number of hydrogen-bond acceptors (Lipinski definition) is 7. The van der Waals surface area contributed by atoms with Gasteiger partial charge in [-0.15, -0.1) is 0 Å². The molecule has 2 aliphatic heterocycles. The van der Waals surface area contributed by atoms with E-state index in [-0.39, 0.29) is 23.1 Å². The molecule has 0 spiro atoms. The van der Waals surface area contributed by atoms with Crippen LogP contribution >= 0.6 is 0 Å². The van der Waals surface area contributed by atoms with E-state index in [1.54, 1.807) is 6.92 Å². The third-order valence-corrected chi connectivity index (χ3v) is 9.34. The topological polar surface area (TPSA) is 110 Å². The average molecular weight is 550 g/mol. The molecule has 0 unspecified atom stereocenters. The fraction of sp³-hybridized carbons (Fsp3) is 0.345. The van der Waals surface area contributed by atoms with Gasteiger partial charge in [0.15, 0.2) is 0 Å². The molecule has 0 saturated carbocycles. The predicted octanol–water partition coefficient (Wildman–Crippen LogP) is 5.35. The van der Waals surface area contributed by atoms with E-state index in [1.165, 1.54) is 53.5 Å². The number of nitro groups is 1. The molecule has 1 saturated heterocycles. The number of hydrogen-bond donors (Lipinski definition) is 0. The molecule has 0 radical (unpaired) electrons. The average Bonchev–Trinajstić information content (AvgIpc) is 3.61. The molecule has 0 bridgehead atoms. The first-order valence-corrected chi connectivity index (χ1v) is 14.6. The molecular formula is C29H31N3O6S. The Morgan fingerprint density at radius 1 is 1.03 bits per heavy atom. The van der Waals surface area contributed by atoms with Crippen molar-refractivity contribution < 1.29 is 22.9 Å². The van der Waals surface area contributed by atoms with Gasteiger partial charge in [-0.1, -0.05) is 19.1 Å². The molecule has 0 amide bonds. The summed E-state index contributed by atoms with van der Waals surface area (Å²) in [7, 11) is -3.91. The Hall–Kier alpha value is -3.92. The van der Waals surface area contributed by atoms with E-state index in [9.17, 15) is 23.3 Å². The highest BCUT2D eigenvalue weighted by molar-refractivity contribution is 7.92. The number of esters is 1. The molecule has 0 aliphatic carbocycles. The Labute approximate surface area is 228 Å². The van der Waals surface area contributed by atoms with Crippen LogP contribution in [0, 0.1) is 17.0 Å².